The SMILES string of the molecule is CC(=O)OCC1O[C@H](Sc2cc(Cl)cnc2C#N)C(OC(C)=O)C(n2cc(-c3cc(F)c(F)c(F)c3)nn2)[C@H]1OC(C)=O. The molecule has 3 heterocycles. The molecule has 4 rings (SSSR count). The highest BCUT2D eigenvalue weighted by Gasteiger charge is 2.52. The number of carbonyl (C=O) groups is 3. The molecule has 226 valence electrons. The Kier molecular flexibility index (Phi) is 9.89. The summed E-state index contributed by atoms with van der Waals surface area (Å²) in [6.45, 7) is 2.94. The van der Waals surface area contributed by atoms with Crippen molar-refractivity contribution >= 4 is 41.3 Å². The van der Waals surface area contributed by atoms with Crippen LogP contribution in [0.3, 0.4) is 0 Å². The highest BCUT2D eigenvalue weighted by Crippen LogP contribution is 2.42. The average molecular weight is 640 g/mol. The molecular weight excluding hydrogens is 619 g/mol. The second-order valence-electron chi connectivity index (χ2n) is 9.05. The van der Waals surface area contributed by atoms with Gasteiger partial charge in [0, 0.05) is 37.4 Å². The van der Waals surface area contributed by atoms with Gasteiger partial charge in [0.2, 0.25) is 0 Å². The number of ether oxygens (including phenoxy) is 4. The summed E-state index contributed by atoms with van der Waals surface area (Å²) in [5, 5.41) is 17.7. The highest BCUT2D eigenvalue weighted by atomic mass is 35.5. The van der Waals surface area contributed by atoms with Crippen LogP contribution in [0, 0.1) is 28.8 Å². The second kappa shape index (κ2) is 13.4. The van der Waals surface area contributed by atoms with Gasteiger partial charge in [0.25, 0.3) is 0 Å². The fourth-order valence-electron chi connectivity index (χ4n) is 4.26. The van der Waals surface area contributed by atoms with Gasteiger partial charge in [0.15, 0.2) is 35.4 Å². The lowest BCUT2D eigenvalue weighted by atomic mass is 9.96. The Morgan fingerprint density at radius 1 is 1.07 bits per heavy atom. The molecule has 1 aliphatic heterocycles. The van der Waals surface area contributed by atoms with Gasteiger partial charge >= 0.3 is 17.9 Å². The molecule has 0 saturated carbocycles. The lowest BCUT2D eigenvalue weighted by Crippen LogP contribution is -2.57. The van der Waals surface area contributed by atoms with Gasteiger partial charge < -0.3 is 18.9 Å². The van der Waals surface area contributed by atoms with E-state index in [-0.39, 0.29) is 26.9 Å². The number of rotatable bonds is 8. The van der Waals surface area contributed by atoms with Gasteiger partial charge in [-0.2, -0.15) is 5.26 Å². The van der Waals surface area contributed by atoms with Gasteiger partial charge in [-0.05, 0) is 18.2 Å². The number of pyridine rings is 1. The fraction of sp³-hybridized carbons (Fsp3) is 0.346. The van der Waals surface area contributed by atoms with Crippen LogP contribution in [0.2, 0.25) is 5.02 Å². The van der Waals surface area contributed by atoms with Crippen LogP contribution < -0.4 is 0 Å². The number of hydrogen-bond acceptors (Lipinski definition) is 12. The molecule has 0 bridgehead atoms. The van der Waals surface area contributed by atoms with Gasteiger partial charge in [-0.3, -0.25) is 14.4 Å². The van der Waals surface area contributed by atoms with Crippen molar-refractivity contribution in [2.24, 2.45) is 0 Å². The molecule has 0 amide bonds. The lowest BCUT2D eigenvalue weighted by molar-refractivity contribution is -0.212. The zero-order valence-electron chi connectivity index (χ0n) is 22.5. The zero-order chi connectivity index (χ0) is 31.4. The van der Waals surface area contributed by atoms with Crippen molar-refractivity contribution in [1.82, 2.24) is 20.0 Å². The third-order valence-electron chi connectivity index (χ3n) is 5.94. The first kappa shape index (κ1) is 31.7. The standard InChI is InChI=1S/C26H21ClF3N5O7S/c1-11(36)39-10-20-24(40-12(2)37)23(35-9-19(33-34-35)14-4-16(28)22(30)17(29)5-14)25(41-13(3)38)26(42-20)43-21-6-15(27)8-32-18(21)7-31/h4-6,8-9,20,23-26H,10H2,1-3H3/t20?,23?,24-,25?,26+/m0/s1. The number of hydrogen-bond donors (Lipinski definition) is 0. The molecule has 0 aliphatic carbocycles. The van der Waals surface area contributed by atoms with Crippen molar-refractivity contribution in [2.75, 3.05) is 6.61 Å². The Balaban J connectivity index is 1.85. The van der Waals surface area contributed by atoms with Gasteiger partial charge in [0.1, 0.15) is 36.0 Å². The van der Waals surface area contributed by atoms with Crippen molar-refractivity contribution in [3.8, 4) is 17.3 Å². The topological polar surface area (TPSA) is 156 Å². The molecule has 43 heavy (non-hydrogen) atoms. The summed E-state index contributed by atoms with van der Waals surface area (Å²) in [5.41, 5.74) is -1.49. The van der Waals surface area contributed by atoms with Crippen LogP contribution in [0.1, 0.15) is 32.5 Å². The number of nitrogens with zero attached hydrogens (tertiary/aromatic N) is 5. The van der Waals surface area contributed by atoms with E-state index in [1.807, 2.05) is 6.07 Å². The number of esters is 3. The van der Waals surface area contributed by atoms with E-state index in [4.69, 9.17) is 30.5 Å². The first-order valence-electron chi connectivity index (χ1n) is 12.3. The molecule has 1 aliphatic rings. The minimum absolute atomic E-state index is 0.0295. The molecule has 3 unspecified atom stereocenters. The summed E-state index contributed by atoms with van der Waals surface area (Å²) >= 11 is 6.99. The summed E-state index contributed by atoms with van der Waals surface area (Å²) < 4.78 is 65.1. The summed E-state index contributed by atoms with van der Waals surface area (Å²) in [6.07, 6.45) is -1.38. The van der Waals surface area contributed by atoms with E-state index in [0.29, 0.717) is 12.1 Å². The third kappa shape index (κ3) is 7.42. The summed E-state index contributed by atoms with van der Waals surface area (Å²) in [6, 6.07) is 3.54. The largest absolute Gasteiger partial charge is 0.463 e. The van der Waals surface area contributed by atoms with Crippen LogP contribution >= 0.6 is 23.4 Å². The molecule has 1 fully saturated rings. The maximum absolute atomic E-state index is 14.0. The van der Waals surface area contributed by atoms with E-state index in [0.717, 1.165) is 37.2 Å². The van der Waals surface area contributed by atoms with Gasteiger partial charge in [0.05, 0.1) is 11.2 Å². The van der Waals surface area contributed by atoms with E-state index in [1.54, 1.807) is 0 Å². The number of aromatic nitrogens is 4. The van der Waals surface area contributed by atoms with Crippen molar-refractivity contribution in [1.29, 1.82) is 5.26 Å². The predicted molar refractivity (Wildman–Crippen MR) is 141 cm³/mol. The Morgan fingerprint density at radius 2 is 1.72 bits per heavy atom. The van der Waals surface area contributed by atoms with Crippen molar-refractivity contribution in [2.45, 2.75) is 55.5 Å². The van der Waals surface area contributed by atoms with Gasteiger partial charge in [-0.15, -0.1) is 5.10 Å². The fourth-order valence-corrected chi connectivity index (χ4v) is 5.68. The normalized spacial score (nSPS) is 21.5. The van der Waals surface area contributed by atoms with E-state index >= 15 is 0 Å². The van der Waals surface area contributed by atoms with Crippen LogP contribution in [-0.2, 0) is 33.3 Å². The Hall–Kier alpha value is -4.20. The first-order valence-corrected chi connectivity index (χ1v) is 13.6. The summed E-state index contributed by atoms with van der Waals surface area (Å²) in [4.78, 5) is 40.4. The maximum atomic E-state index is 14.0. The molecule has 17 heteroatoms. The molecule has 0 radical (unpaired) electrons. The maximum Gasteiger partial charge on any atom is 0.303 e. The summed E-state index contributed by atoms with van der Waals surface area (Å²) in [5.74, 6) is -6.85. The Morgan fingerprint density at radius 3 is 2.33 bits per heavy atom. The van der Waals surface area contributed by atoms with Crippen molar-refractivity contribution in [3.63, 3.8) is 0 Å². The Labute approximate surface area is 251 Å². The van der Waals surface area contributed by atoms with Crippen molar-refractivity contribution < 1.29 is 46.5 Å². The number of benzene rings is 1. The van der Waals surface area contributed by atoms with E-state index in [9.17, 15) is 32.8 Å². The van der Waals surface area contributed by atoms with Crippen LogP contribution in [0.25, 0.3) is 11.3 Å². The molecule has 0 spiro atoms. The molecule has 1 aromatic carbocycles. The second-order valence-corrected chi connectivity index (χ2v) is 10.6. The van der Waals surface area contributed by atoms with E-state index in [1.165, 1.54) is 18.5 Å². The average Bonchev–Trinajstić information content (AvgIpc) is 3.41. The molecule has 3 aromatic rings. The van der Waals surface area contributed by atoms with Crippen LogP contribution in [-0.4, -0.2) is 68.2 Å². The zero-order valence-corrected chi connectivity index (χ0v) is 24.1. The van der Waals surface area contributed by atoms with Crippen molar-refractivity contribution in [3.05, 3.63) is 58.8 Å². The van der Waals surface area contributed by atoms with Gasteiger partial charge in [-0.1, -0.05) is 28.6 Å². The van der Waals surface area contributed by atoms with E-state index in [2.05, 4.69) is 15.3 Å². The minimum atomic E-state index is -1.68. The first-order chi connectivity index (χ1) is 20.4. The monoisotopic (exact) mass is 639 g/mol. The predicted octanol–water partition coefficient (Wildman–Crippen LogP) is 3.77. The number of carbonyl (C=O) groups excluding carboxylic acids is 3. The third-order valence-corrected chi connectivity index (χ3v) is 7.32. The quantitative estimate of drug-likeness (QED) is 0.200. The number of nitriles is 1. The molecular formula is C26H21ClF3N5O7S. The molecule has 2 aromatic heterocycles. The van der Waals surface area contributed by atoms with E-state index < -0.39 is 71.8 Å². The minimum Gasteiger partial charge on any atom is -0.463 e. The Bertz CT molecular complexity index is 1580. The van der Waals surface area contributed by atoms with Gasteiger partial charge in [-0.25, -0.2) is 22.8 Å². The van der Waals surface area contributed by atoms with Crippen LogP contribution in [0.15, 0.2) is 35.5 Å². The highest BCUT2D eigenvalue weighted by molar-refractivity contribution is 7.99. The summed E-state index contributed by atoms with van der Waals surface area (Å²) in [7, 11) is 0. The lowest BCUT2D eigenvalue weighted by Gasteiger charge is -2.44. The number of thioether (sulfide) groups is 1. The smallest absolute Gasteiger partial charge is 0.303 e. The molecule has 12 nitrogen and oxygen atoms in total. The van der Waals surface area contributed by atoms with Crippen LogP contribution in [0.4, 0.5) is 13.2 Å². The molecule has 0 N–H and O–H groups in total. The van der Waals surface area contributed by atoms with Crippen LogP contribution in [0.5, 0.6) is 0 Å². The number of halogens is 4. The molecule has 1 saturated heterocycles. The molecule has 5 atom stereocenters.